The molecule has 0 fully saturated rings. The standard InChI is InChI=1S/C17H15N3O4/c21-14-8-4-2-6-12(14)18-15(22)9-10-20-13-7-3-1-5-11(13)16(23)19-17(20)24/h1-8,21H,9-10H2,(H,18,22)(H,19,23,24). The molecule has 3 rings (SSSR count). The second kappa shape index (κ2) is 6.41. The van der Waals surface area contributed by atoms with Crippen LogP contribution in [0.5, 0.6) is 5.75 Å². The van der Waals surface area contributed by atoms with Crippen molar-refractivity contribution in [2.45, 2.75) is 13.0 Å². The molecule has 7 heteroatoms. The Morgan fingerprint density at radius 3 is 2.58 bits per heavy atom. The topological polar surface area (TPSA) is 104 Å². The van der Waals surface area contributed by atoms with E-state index in [1.54, 1.807) is 42.5 Å². The highest BCUT2D eigenvalue weighted by Crippen LogP contribution is 2.21. The first-order valence-corrected chi connectivity index (χ1v) is 7.36. The number of amides is 1. The highest BCUT2D eigenvalue weighted by atomic mass is 16.3. The van der Waals surface area contributed by atoms with Crippen molar-refractivity contribution in [3.8, 4) is 5.75 Å². The number of nitrogens with one attached hydrogen (secondary N) is 2. The quantitative estimate of drug-likeness (QED) is 0.631. The van der Waals surface area contributed by atoms with Gasteiger partial charge in [-0.15, -0.1) is 0 Å². The number of H-pyrrole nitrogens is 1. The van der Waals surface area contributed by atoms with E-state index in [-0.39, 0.29) is 24.6 Å². The zero-order chi connectivity index (χ0) is 17.1. The second-order valence-electron chi connectivity index (χ2n) is 5.24. The van der Waals surface area contributed by atoms with Crippen LogP contribution in [0.25, 0.3) is 10.9 Å². The van der Waals surface area contributed by atoms with Gasteiger partial charge in [-0.05, 0) is 24.3 Å². The first-order chi connectivity index (χ1) is 11.6. The summed E-state index contributed by atoms with van der Waals surface area (Å²) in [5.41, 5.74) is -0.234. The van der Waals surface area contributed by atoms with Crippen LogP contribution in [-0.4, -0.2) is 20.6 Å². The normalized spacial score (nSPS) is 10.7. The number of carbonyl (C=O) groups excluding carboxylic acids is 1. The fourth-order valence-electron chi connectivity index (χ4n) is 2.47. The lowest BCUT2D eigenvalue weighted by molar-refractivity contribution is -0.116. The van der Waals surface area contributed by atoms with Gasteiger partial charge in [0.15, 0.2) is 0 Å². The lowest BCUT2D eigenvalue weighted by Gasteiger charge is -2.10. The molecule has 0 saturated heterocycles. The molecule has 0 saturated carbocycles. The molecule has 1 heterocycles. The van der Waals surface area contributed by atoms with Crippen molar-refractivity contribution in [1.82, 2.24) is 9.55 Å². The number of fused-ring (bicyclic) bond motifs is 1. The number of aryl methyl sites for hydroxylation is 1. The molecular weight excluding hydrogens is 310 g/mol. The third kappa shape index (κ3) is 3.05. The molecule has 7 nitrogen and oxygen atoms in total. The predicted octanol–water partition coefficient (Wildman–Crippen LogP) is 1.42. The summed E-state index contributed by atoms with van der Waals surface area (Å²) in [5, 5.41) is 12.6. The number of phenolic OH excluding ortho intramolecular Hbond substituents is 1. The minimum Gasteiger partial charge on any atom is -0.506 e. The van der Waals surface area contributed by atoms with Gasteiger partial charge in [0, 0.05) is 13.0 Å². The Morgan fingerprint density at radius 2 is 1.79 bits per heavy atom. The summed E-state index contributed by atoms with van der Waals surface area (Å²) >= 11 is 0. The third-order valence-corrected chi connectivity index (χ3v) is 3.65. The van der Waals surface area contributed by atoms with E-state index in [4.69, 9.17) is 0 Å². The number of hydrogen-bond donors (Lipinski definition) is 3. The number of anilines is 1. The average molecular weight is 325 g/mol. The second-order valence-corrected chi connectivity index (χ2v) is 5.24. The SMILES string of the molecule is O=C(CCn1c(=O)[nH]c(=O)c2ccccc21)Nc1ccccc1O. The van der Waals surface area contributed by atoms with Crippen molar-refractivity contribution in [2.75, 3.05) is 5.32 Å². The lowest BCUT2D eigenvalue weighted by atomic mass is 10.2. The maximum atomic E-state index is 12.0. The molecule has 0 aliphatic heterocycles. The summed E-state index contributed by atoms with van der Waals surface area (Å²) in [6.45, 7) is 0.107. The smallest absolute Gasteiger partial charge is 0.328 e. The monoisotopic (exact) mass is 325 g/mol. The van der Waals surface area contributed by atoms with E-state index >= 15 is 0 Å². The van der Waals surface area contributed by atoms with Crippen LogP contribution in [0.3, 0.4) is 0 Å². The number of aromatic hydroxyl groups is 1. The van der Waals surface area contributed by atoms with Crippen molar-refractivity contribution in [3.63, 3.8) is 0 Å². The van der Waals surface area contributed by atoms with Crippen LogP contribution < -0.4 is 16.6 Å². The number of carbonyl (C=O) groups is 1. The number of aromatic nitrogens is 2. The molecule has 0 bridgehead atoms. The summed E-state index contributed by atoms with van der Waals surface area (Å²) in [4.78, 5) is 38.1. The number of aromatic amines is 1. The van der Waals surface area contributed by atoms with Crippen LogP contribution >= 0.6 is 0 Å². The maximum Gasteiger partial charge on any atom is 0.328 e. The number of phenols is 1. The van der Waals surface area contributed by atoms with Crippen molar-refractivity contribution >= 4 is 22.5 Å². The summed E-state index contributed by atoms with van der Waals surface area (Å²) in [6, 6.07) is 13.1. The predicted molar refractivity (Wildman–Crippen MR) is 90.2 cm³/mol. The number of nitrogens with zero attached hydrogens (tertiary/aromatic N) is 1. The van der Waals surface area contributed by atoms with Crippen molar-refractivity contribution in [3.05, 3.63) is 69.4 Å². The van der Waals surface area contributed by atoms with Gasteiger partial charge in [-0.25, -0.2) is 4.79 Å². The zero-order valence-corrected chi connectivity index (χ0v) is 12.7. The molecule has 0 atom stereocenters. The van der Waals surface area contributed by atoms with Gasteiger partial charge < -0.3 is 10.4 Å². The molecule has 1 amide bonds. The Hall–Kier alpha value is -3.35. The average Bonchev–Trinajstić information content (AvgIpc) is 2.57. The molecular formula is C17H15N3O4. The van der Waals surface area contributed by atoms with Crippen LogP contribution in [0.15, 0.2) is 58.1 Å². The number of hydrogen-bond acceptors (Lipinski definition) is 4. The minimum absolute atomic E-state index is 0.0181. The Kier molecular flexibility index (Phi) is 4.15. The minimum atomic E-state index is -0.561. The highest BCUT2D eigenvalue weighted by Gasteiger charge is 2.10. The molecule has 3 aromatic rings. The molecule has 0 aliphatic rings. The molecule has 0 unspecified atom stereocenters. The van der Waals surface area contributed by atoms with Crippen LogP contribution in [0.2, 0.25) is 0 Å². The Labute approximate surface area is 136 Å². The maximum absolute atomic E-state index is 12.0. The first-order valence-electron chi connectivity index (χ1n) is 7.36. The van der Waals surface area contributed by atoms with E-state index in [2.05, 4.69) is 10.3 Å². The van der Waals surface area contributed by atoms with Gasteiger partial charge in [0.05, 0.1) is 16.6 Å². The van der Waals surface area contributed by atoms with Crippen molar-refractivity contribution < 1.29 is 9.90 Å². The van der Waals surface area contributed by atoms with E-state index in [9.17, 15) is 19.5 Å². The van der Waals surface area contributed by atoms with E-state index < -0.39 is 11.2 Å². The third-order valence-electron chi connectivity index (χ3n) is 3.65. The van der Waals surface area contributed by atoms with Crippen molar-refractivity contribution in [2.24, 2.45) is 0 Å². The van der Waals surface area contributed by atoms with Gasteiger partial charge in [-0.2, -0.15) is 0 Å². The molecule has 3 N–H and O–H groups in total. The Balaban J connectivity index is 1.81. The number of benzene rings is 2. The largest absolute Gasteiger partial charge is 0.506 e. The van der Waals surface area contributed by atoms with Gasteiger partial charge in [-0.1, -0.05) is 24.3 Å². The van der Waals surface area contributed by atoms with E-state index in [0.717, 1.165) is 0 Å². The van der Waals surface area contributed by atoms with Gasteiger partial charge in [0.25, 0.3) is 5.56 Å². The van der Waals surface area contributed by atoms with E-state index in [0.29, 0.717) is 16.6 Å². The lowest BCUT2D eigenvalue weighted by Crippen LogP contribution is -2.31. The zero-order valence-electron chi connectivity index (χ0n) is 12.7. The van der Waals surface area contributed by atoms with Crippen LogP contribution in [0.1, 0.15) is 6.42 Å². The van der Waals surface area contributed by atoms with Crippen molar-refractivity contribution in [1.29, 1.82) is 0 Å². The number of para-hydroxylation sites is 3. The van der Waals surface area contributed by atoms with Crippen LogP contribution in [-0.2, 0) is 11.3 Å². The van der Waals surface area contributed by atoms with Gasteiger partial charge in [0.1, 0.15) is 5.75 Å². The van der Waals surface area contributed by atoms with Crippen LogP contribution in [0, 0.1) is 0 Å². The van der Waals surface area contributed by atoms with Gasteiger partial charge >= 0.3 is 5.69 Å². The summed E-state index contributed by atoms with van der Waals surface area (Å²) in [7, 11) is 0. The van der Waals surface area contributed by atoms with Gasteiger partial charge in [-0.3, -0.25) is 19.1 Å². The van der Waals surface area contributed by atoms with E-state index in [1.165, 1.54) is 10.6 Å². The van der Waals surface area contributed by atoms with E-state index in [1.807, 2.05) is 0 Å². The summed E-state index contributed by atoms with van der Waals surface area (Å²) in [6.07, 6.45) is 0.0181. The fraction of sp³-hybridized carbons (Fsp3) is 0.118. The summed E-state index contributed by atoms with van der Waals surface area (Å²) < 4.78 is 1.35. The molecule has 0 aliphatic carbocycles. The molecule has 1 aromatic heterocycles. The Bertz CT molecular complexity index is 1020. The number of rotatable bonds is 4. The summed E-state index contributed by atoms with van der Waals surface area (Å²) in [5.74, 6) is -0.379. The molecule has 0 spiro atoms. The molecule has 2 aromatic carbocycles. The highest BCUT2D eigenvalue weighted by molar-refractivity contribution is 5.92. The van der Waals surface area contributed by atoms with Crippen LogP contribution in [0.4, 0.5) is 5.69 Å². The fourth-order valence-corrected chi connectivity index (χ4v) is 2.47. The molecule has 122 valence electrons. The first kappa shape index (κ1) is 15.5. The van der Waals surface area contributed by atoms with Gasteiger partial charge in [0.2, 0.25) is 5.91 Å². The molecule has 24 heavy (non-hydrogen) atoms. The molecule has 0 radical (unpaired) electrons. The Morgan fingerprint density at radius 1 is 1.08 bits per heavy atom.